The van der Waals surface area contributed by atoms with E-state index < -0.39 is 6.04 Å². The molecule has 0 aliphatic carbocycles. The Bertz CT molecular complexity index is 1330. The number of fused-ring (bicyclic) bond motifs is 1. The van der Waals surface area contributed by atoms with E-state index in [0.29, 0.717) is 31.8 Å². The quantitative estimate of drug-likeness (QED) is 0.525. The van der Waals surface area contributed by atoms with Gasteiger partial charge >= 0.3 is 5.76 Å². The zero-order valence-electron chi connectivity index (χ0n) is 18.1. The monoisotopic (exact) mass is 431 g/mol. The Balaban J connectivity index is 1.47. The molecule has 5 rings (SSSR count). The molecule has 1 unspecified atom stereocenters. The molecule has 1 aliphatic rings. The maximum atomic E-state index is 13.0. The molecular formula is C24H25N5O3. The molecule has 0 spiro atoms. The Morgan fingerprint density at radius 3 is 2.59 bits per heavy atom. The lowest BCUT2D eigenvalue weighted by Gasteiger charge is -2.35. The number of aromatic nitrogens is 3. The maximum Gasteiger partial charge on any atom is 0.419 e. The summed E-state index contributed by atoms with van der Waals surface area (Å²) < 4.78 is 8.88. The molecule has 0 saturated carbocycles. The van der Waals surface area contributed by atoms with E-state index >= 15 is 0 Å². The minimum atomic E-state index is -0.463. The Kier molecular flexibility index (Phi) is 5.14. The van der Waals surface area contributed by atoms with Gasteiger partial charge in [-0.2, -0.15) is 5.10 Å². The van der Waals surface area contributed by atoms with Gasteiger partial charge in [0.1, 0.15) is 6.04 Å². The summed E-state index contributed by atoms with van der Waals surface area (Å²) in [6, 6.07) is 16.8. The molecule has 0 bridgehead atoms. The van der Waals surface area contributed by atoms with E-state index in [-0.39, 0.29) is 11.7 Å². The smallest absolute Gasteiger partial charge is 0.408 e. The lowest BCUT2D eigenvalue weighted by molar-refractivity contribution is -0.129. The van der Waals surface area contributed by atoms with Crippen LogP contribution in [0.2, 0.25) is 0 Å². The molecule has 2 aromatic carbocycles. The first kappa shape index (κ1) is 20.3. The topological polar surface area (TPSA) is 85.3 Å². The third-order valence-electron chi connectivity index (χ3n) is 6.12. The predicted octanol–water partition coefficient (Wildman–Crippen LogP) is 2.57. The number of carbonyl (C=O) groups is 1. The van der Waals surface area contributed by atoms with Gasteiger partial charge in [-0.3, -0.25) is 14.3 Å². The van der Waals surface area contributed by atoms with E-state index in [2.05, 4.69) is 10.2 Å². The summed E-state index contributed by atoms with van der Waals surface area (Å²) in [4.78, 5) is 27.5. The number of nitrogens with zero attached hydrogens (tertiary/aromatic N) is 4. The van der Waals surface area contributed by atoms with Crippen molar-refractivity contribution < 1.29 is 9.21 Å². The number of amides is 1. The van der Waals surface area contributed by atoms with Gasteiger partial charge in [-0.15, -0.1) is 0 Å². The van der Waals surface area contributed by atoms with Crippen molar-refractivity contribution in [1.29, 1.82) is 0 Å². The fraction of sp³-hybridized carbons (Fsp3) is 0.292. The maximum absolute atomic E-state index is 13.0. The fourth-order valence-corrected chi connectivity index (χ4v) is 4.59. The predicted molar refractivity (Wildman–Crippen MR) is 121 cm³/mol. The lowest BCUT2D eigenvalue weighted by atomic mass is 10.00. The van der Waals surface area contributed by atoms with Gasteiger partial charge in [0.25, 0.3) is 0 Å². The number of carbonyl (C=O) groups excluding carboxylic acids is 1. The summed E-state index contributed by atoms with van der Waals surface area (Å²) in [6.07, 6.45) is 0. The van der Waals surface area contributed by atoms with Gasteiger partial charge in [0.2, 0.25) is 5.91 Å². The van der Waals surface area contributed by atoms with Crippen molar-refractivity contribution in [3.05, 3.63) is 82.1 Å². The van der Waals surface area contributed by atoms with E-state index in [1.165, 1.54) is 0 Å². The van der Waals surface area contributed by atoms with Crippen LogP contribution in [-0.4, -0.2) is 44.8 Å². The summed E-state index contributed by atoms with van der Waals surface area (Å²) in [5, 5.41) is 7.72. The van der Waals surface area contributed by atoms with Gasteiger partial charge in [0, 0.05) is 37.4 Å². The normalized spacial score (nSPS) is 17.1. The van der Waals surface area contributed by atoms with E-state index in [0.717, 1.165) is 28.2 Å². The Morgan fingerprint density at radius 1 is 1.03 bits per heavy atom. The summed E-state index contributed by atoms with van der Waals surface area (Å²) in [6.45, 7) is 6.17. The molecule has 3 heterocycles. The largest absolute Gasteiger partial charge is 0.419 e. The number of oxazole rings is 1. The van der Waals surface area contributed by atoms with E-state index in [1.54, 1.807) is 10.6 Å². The number of nitrogens with one attached hydrogen (secondary N) is 1. The Labute approximate surface area is 185 Å². The van der Waals surface area contributed by atoms with Crippen LogP contribution < -0.4 is 11.1 Å². The first-order chi connectivity index (χ1) is 15.5. The van der Waals surface area contributed by atoms with Crippen LogP contribution in [-0.2, 0) is 11.3 Å². The van der Waals surface area contributed by atoms with Crippen LogP contribution >= 0.6 is 0 Å². The molecule has 8 heteroatoms. The van der Waals surface area contributed by atoms with Crippen molar-refractivity contribution in [2.45, 2.75) is 26.4 Å². The van der Waals surface area contributed by atoms with Crippen LogP contribution in [0, 0.1) is 13.8 Å². The third kappa shape index (κ3) is 3.42. The summed E-state index contributed by atoms with van der Waals surface area (Å²) in [5.41, 5.74) is 4.96. The molecule has 32 heavy (non-hydrogen) atoms. The average Bonchev–Trinajstić information content (AvgIpc) is 3.28. The van der Waals surface area contributed by atoms with Gasteiger partial charge in [0.05, 0.1) is 16.9 Å². The van der Waals surface area contributed by atoms with Crippen molar-refractivity contribution in [1.82, 2.24) is 24.6 Å². The molecule has 1 N–H and O–H groups in total. The van der Waals surface area contributed by atoms with E-state index in [1.807, 2.05) is 67.1 Å². The van der Waals surface area contributed by atoms with Gasteiger partial charge in [-0.25, -0.2) is 9.48 Å². The molecule has 8 nitrogen and oxygen atoms in total. The zero-order chi connectivity index (χ0) is 22.2. The number of hydrogen-bond donors (Lipinski definition) is 1. The molecule has 1 aliphatic heterocycles. The SMILES string of the molecule is Cc1nn(-c2ccccc2)c(C)c1C1C(=O)NCCN1CCn1c(=O)oc2ccccc21. The standard InChI is InChI=1S/C24H25N5O3/c1-16-21(17(2)29(26-16)18-8-4-3-5-9-18)22-23(30)25-12-13-27(22)14-15-28-19-10-6-7-11-20(19)32-24(28)31/h3-11,22H,12-15H2,1-2H3,(H,25,30). The van der Waals surface area contributed by atoms with Crippen LogP contribution in [0.4, 0.5) is 0 Å². The van der Waals surface area contributed by atoms with Crippen molar-refractivity contribution in [2.75, 3.05) is 19.6 Å². The number of benzene rings is 2. The number of rotatable bonds is 5. The number of piperazine rings is 1. The molecule has 1 saturated heterocycles. The van der Waals surface area contributed by atoms with Crippen LogP contribution in [0.15, 0.2) is 63.8 Å². The van der Waals surface area contributed by atoms with Gasteiger partial charge < -0.3 is 9.73 Å². The van der Waals surface area contributed by atoms with Gasteiger partial charge in [0.15, 0.2) is 5.58 Å². The summed E-state index contributed by atoms with van der Waals surface area (Å²) in [7, 11) is 0. The van der Waals surface area contributed by atoms with E-state index in [9.17, 15) is 9.59 Å². The summed E-state index contributed by atoms with van der Waals surface area (Å²) in [5.74, 6) is -0.423. The first-order valence-electron chi connectivity index (χ1n) is 10.8. The van der Waals surface area contributed by atoms with Crippen LogP contribution in [0.5, 0.6) is 0 Å². The number of para-hydroxylation sites is 3. The summed E-state index contributed by atoms with van der Waals surface area (Å²) >= 11 is 0. The third-order valence-corrected chi connectivity index (χ3v) is 6.12. The molecule has 0 radical (unpaired) electrons. The molecule has 1 amide bonds. The lowest BCUT2D eigenvalue weighted by Crippen LogP contribution is -2.51. The highest BCUT2D eigenvalue weighted by atomic mass is 16.4. The van der Waals surface area contributed by atoms with Crippen LogP contribution in [0.3, 0.4) is 0 Å². The Hall–Kier alpha value is -3.65. The van der Waals surface area contributed by atoms with Crippen LogP contribution in [0.25, 0.3) is 16.8 Å². The highest BCUT2D eigenvalue weighted by Gasteiger charge is 2.35. The molecule has 1 atom stereocenters. The zero-order valence-corrected chi connectivity index (χ0v) is 18.1. The minimum Gasteiger partial charge on any atom is -0.408 e. The van der Waals surface area contributed by atoms with Gasteiger partial charge in [-0.05, 0) is 38.1 Å². The highest BCUT2D eigenvalue weighted by molar-refractivity contribution is 5.84. The molecule has 1 fully saturated rings. The van der Waals surface area contributed by atoms with Crippen molar-refractivity contribution in [2.24, 2.45) is 0 Å². The fourth-order valence-electron chi connectivity index (χ4n) is 4.59. The second-order valence-corrected chi connectivity index (χ2v) is 8.05. The van der Waals surface area contributed by atoms with Crippen molar-refractivity contribution in [3.63, 3.8) is 0 Å². The molecule has 164 valence electrons. The number of hydrogen-bond acceptors (Lipinski definition) is 5. The van der Waals surface area contributed by atoms with Gasteiger partial charge in [-0.1, -0.05) is 30.3 Å². The van der Waals surface area contributed by atoms with Crippen molar-refractivity contribution in [3.8, 4) is 5.69 Å². The van der Waals surface area contributed by atoms with E-state index in [4.69, 9.17) is 9.52 Å². The average molecular weight is 431 g/mol. The Morgan fingerprint density at radius 2 is 1.78 bits per heavy atom. The minimum absolute atomic E-state index is 0.0422. The highest BCUT2D eigenvalue weighted by Crippen LogP contribution is 2.30. The second-order valence-electron chi connectivity index (χ2n) is 8.05. The molecular weight excluding hydrogens is 406 g/mol. The molecule has 4 aromatic rings. The number of aryl methyl sites for hydroxylation is 1. The first-order valence-corrected chi connectivity index (χ1v) is 10.8. The van der Waals surface area contributed by atoms with Crippen molar-refractivity contribution >= 4 is 17.0 Å². The molecule has 2 aromatic heterocycles. The van der Waals surface area contributed by atoms with Crippen LogP contribution in [0.1, 0.15) is 23.0 Å². The second kappa shape index (κ2) is 8.12.